The molecule has 0 radical (unpaired) electrons. The number of aromatic nitrogens is 1. The van der Waals surface area contributed by atoms with E-state index in [2.05, 4.69) is 112 Å². The molecule has 0 bridgehead atoms. The molecule has 0 unspecified atom stereocenters. The highest BCUT2D eigenvalue weighted by Gasteiger charge is 2.12. The highest BCUT2D eigenvalue weighted by molar-refractivity contribution is 5.84. The Balaban J connectivity index is 1.85. The second-order valence-electron chi connectivity index (χ2n) is 7.79. The van der Waals surface area contributed by atoms with Gasteiger partial charge in [0.2, 0.25) is 0 Å². The van der Waals surface area contributed by atoms with Crippen molar-refractivity contribution in [2.24, 2.45) is 0 Å². The van der Waals surface area contributed by atoms with E-state index in [4.69, 9.17) is 4.98 Å². The first kappa shape index (κ1) is 18.9. The maximum atomic E-state index is 4.91. The Labute approximate surface area is 173 Å². The van der Waals surface area contributed by atoms with Gasteiger partial charge in [-0.15, -0.1) is 0 Å². The van der Waals surface area contributed by atoms with Crippen molar-refractivity contribution in [2.75, 3.05) is 19.0 Å². The minimum Gasteiger partial charge on any atom is -0.378 e. The average molecular weight is 379 g/mol. The average Bonchev–Trinajstić information content (AvgIpc) is 2.74. The van der Waals surface area contributed by atoms with Crippen LogP contribution in [-0.2, 0) is 0 Å². The molecule has 0 saturated heterocycles. The van der Waals surface area contributed by atoms with Crippen molar-refractivity contribution in [2.45, 2.75) is 13.8 Å². The normalized spacial score (nSPS) is 10.8. The van der Waals surface area contributed by atoms with Gasteiger partial charge >= 0.3 is 0 Å². The lowest BCUT2D eigenvalue weighted by atomic mass is 9.95. The summed E-state index contributed by atoms with van der Waals surface area (Å²) in [5.74, 6) is 0. The summed E-state index contributed by atoms with van der Waals surface area (Å²) in [7, 11) is 4.11. The zero-order valence-electron chi connectivity index (χ0n) is 17.5. The molecule has 1 aromatic heterocycles. The molecule has 0 fully saturated rings. The third-order valence-electron chi connectivity index (χ3n) is 5.29. The number of benzene rings is 3. The van der Waals surface area contributed by atoms with E-state index >= 15 is 0 Å². The minimum atomic E-state index is 1.01. The van der Waals surface area contributed by atoms with Crippen molar-refractivity contribution in [3.8, 4) is 33.5 Å². The molecule has 0 saturated carbocycles. The van der Waals surface area contributed by atoms with E-state index in [1.54, 1.807) is 0 Å². The summed E-state index contributed by atoms with van der Waals surface area (Å²) in [5, 5.41) is 0. The maximum absolute atomic E-state index is 4.91. The van der Waals surface area contributed by atoms with E-state index < -0.39 is 0 Å². The van der Waals surface area contributed by atoms with Gasteiger partial charge in [-0.1, -0.05) is 71.8 Å². The lowest BCUT2D eigenvalue weighted by Gasteiger charge is -2.15. The minimum absolute atomic E-state index is 1.01. The van der Waals surface area contributed by atoms with Crippen LogP contribution in [0.3, 0.4) is 0 Å². The van der Waals surface area contributed by atoms with E-state index in [1.165, 1.54) is 27.9 Å². The highest BCUT2D eigenvalue weighted by Crippen LogP contribution is 2.34. The second-order valence-corrected chi connectivity index (χ2v) is 7.79. The van der Waals surface area contributed by atoms with Crippen LogP contribution in [0.15, 0.2) is 85.1 Å². The number of hydrogen-bond donors (Lipinski definition) is 0. The standard InChI is InChI=1S/C27H26N2/c1-19-5-9-21(10-6-19)24-17-26(22-11-7-20(2)8-12-22)27(28-18-24)23-13-15-25(16-14-23)29(3)4/h5-18H,1-4H3. The van der Waals surface area contributed by atoms with E-state index in [-0.39, 0.29) is 0 Å². The van der Waals surface area contributed by atoms with Crippen molar-refractivity contribution < 1.29 is 0 Å². The molecule has 29 heavy (non-hydrogen) atoms. The van der Waals surface area contributed by atoms with Crippen molar-refractivity contribution in [3.63, 3.8) is 0 Å². The Morgan fingerprint density at radius 1 is 0.586 bits per heavy atom. The molecule has 4 rings (SSSR count). The Bertz CT molecular complexity index is 1110. The molecule has 2 nitrogen and oxygen atoms in total. The zero-order valence-corrected chi connectivity index (χ0v) is 17.5. The molecule has 3 aromatic carbocycles. The highest BCUT2D eigenvalue weighted by atomic mass is 15.1. The van der Waals surface area contributed by atoms with Gasteiger partial charge in [-0.25, -0.2) is 0 Å². The fraction of sp³-hybridized carbons (Fsp3) is 0.148. The molecule has 0 N–H and O–H groups in total. The first-order valence-corrected chi connectivity index (χ1v) is 9.93. The molecule has 0 spiro atoms. The number of nitrogens with zero attached hydrogens (tertiary/aromatic N) is 2. The topological polar surface area (TPSA) is 16.1 Å². The monoisotopic (exact) mass is 378 g/mol. The SMILES string of the molecule is Cc1ccc(-c2cnc(-c3ccc(N(C)C)cc3)c(-c3ccc(C)cc3)c2)cc1. The molecule has 0 aliphatic carbocycles. The van der Waals surface area contributed by atoms with Gasteiger partial charge < -0.3 is 4.90 Å². The van der Waals surface area contributed by atoms with Crippen molar-refractivity contribution in [1.82, 2.24) is 4.98 Å². The van der Waals surface area contributed by atoms with Crippen molar-refractivity contribution in [3.05, 3.63) is 96.2 Å². The Hall–Kier alpha value is -3.39. The third-order valence-corrected chi connectivity index (χ3v) is 5.29. The van der Waals surface area contributed by atoms with Gasteiger partial charge in [-0.3, -0.25) is 4.98 Å². The Kier molecular flexibility index (Phi) is 5.18. The Morgan fingerprint density at radius 3 is 1.66 bits per heavy atom. The summed E-state index contributed by atoms with van der Waals surface area (Å²) >= 11 is 0. The number of rotatable bonds is 4. The zero-order chi connectivity index (χ0) is 20.4. The molecular formula is C27H26N2. The van der Waals surface area contributed by atoms with Crippen LogP contribution in [0.1, 0.15) is 11.1 Å². The fourth-order valence-electron chi connectivity index (χ4n) is 3.47. The first-order valence-electron chi connectivity index (χ1n) is 9.93. The predicted molar refractivity (Wildman–Crippen MR) is 124 cm³/mol. The van der Waals surface area contributed by atoms with Crippen LogP contribution >= 0.6 is 0 Å². The van der Waals surface area contributed by atoms with Gasteiger partial charge in [0.15, 0.2) is 0 Å². The van der Waals surface area contributed by atoms with E-state index in [0.717, 1.165) is 22.4 Å². The van der Waals surface area contributed by atoms with Gasteiger partial charge in [0, 0.05) is 42.7 Å². The Morgan fingerprint density at radius 2 is 1.10 bits per heavy atom. The van der Waals surface area contributed by atoms with E-state index in [1.807, 2.05) is 6.20 Å². The van der Waals surface area contributed by atoms with Crippen LogP contribution in [0.5, 0.6) is 0 Å². The molecule has 4 aromatic rings. The van der Waals surface area contributed by atoms with Crippen LogP contribution in [0, 0.1) is 13.8 Å². The summed E-state index contributed by atoms with van der Waals surface area (Å²) < 4.78 is 0. The van der Waals surface area contributed by atoms with Crippen LogP contribution in [0.4, 0.5) is 5.69 Å². The molecule has 0 atom stereocenters. The maximum Gasteiger partial charge on any atom is 0.0780 e. The summed E-state index contributed by atoms with van der Waals surface area (Å²) in [6.45, 7) is 4.23. The number of anilines is 1. The number of pyridine rings is 1. The largest absolute Gasteiger partial charge is 0.378 e. The number of aryl methyl sites for hydroxylation is 2. The van der Waals surface area contributed by atoms with Crippen molar-refractivity contribution >= 4 is 5.69 Å². The number of hydrogen-bond acceptors (Lipinski definition) is 2. The summed E-state index contributed by atoms with van der Waals surface area (Å²) in [4.78, 5) is 7.02. The van der Waals surface area contributed by atoms with Crippen molar-refractivity contribution in [1.29, 1.82) is 0 Å². The molecule has 0 amide bonds. The molecule has 2 heteroatoms. The van der Waals surface area contributed by atoms with E-state index in [0.29, 0.717) is 0 Å². The molecule has 1 heterocycles. The molecule has 0 aliphatic rings. The van der Waals surface area contributed by atoms with Gasteiger partial charge in [0.25, 0.3) is 0 Å². The predicted octanol–water partition coefficient (Wildman–Crippen LogP) is 6.77. The summed E-state index contributed by atoms with van der Waals surface area (Å²) in [6.07, 6.45) is 1.98. The molecule has 144 valence electrons. The van der Waals surface area contributed by atoms with Gasteiger partial charge in [-0.2, -0.15) is 0 Å². The van der Waals surface area contributed by atoms with Crippen LogP contribution in [0.2, 0.25) is 0 Å². The smallest absolute Gasteiger partial charge is 0.0780 e. The first-order chi connectivity index (χ1) is 14.0. The third kappa shape index (κ3) is 4.07. The van der Waals surface area contributed by atoms with Gasteiger partial charge in [0.05, 0.1) is 5.69 Å². The summed E-state index contributed by atoms with van der Waals surface area (Å²) in [6, 6.07) is 28.2. The lowest BCUT2D eigenvalue weighted by Crippen LogP contribution is -2.08. The van der Waals surface area contributed by atoms with Gasteiger partial charge in [0.1, 0.15) is 0 Å². The quantitative estimate of drug-likeness (QED) is 0.390. The molecular weight excluding hydrogens is 352 g/mol. The molecule has 0 aliphatic heterocycles. The second kappa shape index (κ2) is 7.92. The fourth-order valence-corrected chi connectivity index (χ4v) is 3.47. The lowest BCUT2D eigenvalue weighted by molar-refractivity contribution is 1.13. The van der Waals surface area contributed by atoms with Crippen LogP contribution in [-0.4, -0.2) is 19.1 Å². The van der Waals surface area contributed by atoms with Crippen LogP contribution in [0.25, 0.3) is 33.5 Å². The van der Waals surface area contributed by atoms with Crippen LogP contribution < -0.4 is 4.90 Å². The van der Waals surface area contributed by atoms with E-state index in [9.17, 15) is 0 Å². The van der Waals surface area contributed by atoms with Gasteiger partial charge in [-0.05, 0) is 43.2 Å². The summed E-state index contributed by atoms with van der Waals surface area (Å²) in [5.41, 5.74) is 10.5.